The summed E-state index contributed by atoms with van der Waals surface area (Å²) in [6, 6.07) is 16.8. The van der Waals surface area contributed by atoms with Gasteiger partial charge >= 0.3 is 0 Å². The predicted octanol–water partition coefficient (Wildman–Crippen LogP) is 2.58. The van der Waals surface area contributed by atoms with Gasteiger partial charge in [0, 0.05) is 11.8 Å². The molecule has 0 saturated carbocycles. The summed E-state index contributed by atoms with van der Waals surface area (Å²) in [5, 5.41) is 9.54. The lowest BCUT2D eigenvalue weighted by Gasteiger charge is -2.16. The van der Waals surface area contributed by atoms with Crippen molar-refractivity contribution in [2.75, 3.05) is 11.4 Å². The van der Waals surface area contributed by atoms with E-state index in [1.165, 1.54) is 0 Å². The topological polar surface area (TPSA) is 49.8 Å². The average molecular weight is 269 g/mol. The second kappa shape index (κ2) is 5.35. The quantitative estimate of drug-likeness (QED) is 0.931. The first-order chi connectivity index (χ1) is 9.72. The zero-order valence-corrected chi connectivity index (χ0v) is 10.9. The van der Waals surface area contributed by atoms with Gasteiger partial charge in [-0.05, 0) is 24.3 Å². The summed E-state index contributed by atoms with van der Waals surface area (Å²) in [7, 11) is 0. The van der Waals surface area contributed by atoms with Crippen LogP contribution in [0.3, 0.4) is 0 Å². The van der Waals surface area contributed by atoms with Crippen LogP contribution in [-0.4, -0.2) is 23.7 Å². The number of carbonyl (C=O) groups is 1. The number of hydrogen-bond acceptors (Lipinski definition) is 3. The Morgan fingerprint density at radius 3 is 2.50 bits per heavy atom. The number of amides is 1. The smallest absolute Gasteiger partial charge is 0.229 e. The third-order valence-corrected chi connectivity index (χ3v) is 3.21. The lowest BCUT2D eigenvalue weighted by atomic mass is 10.2. The van der Waals surface area contributed by atoms with Crippen LogP contribution in [0.15, 0.2) is 54.6 Å². The van der Waals surface area contributed by atoms with Crippen molar-refractivity contribution >= 4 is 11.6 Å². The molecule has 4 nitrogen and oxygen atoms in total. The fourth-order valence-electron chi connectivity index (χ4n) is 2.28. The minimum atomic E-state index is -0.582. The van der Waals surface area contributed by atoms with Crippen LogP contribution in [0.4, 0.5) is 5.69 Å². The number of anilines is 1. The van der Waals surface area contributed by atoms with Crippen molar-refractivity contribution in [1.29, 1.82) is 0 Å². The van der Waals surface area contributed by atoms with Crippen LogP contribution in [0.5, 0.6) is 11.5 Å². The lowest BCUT2D eigenvalue weighted by molar-refractivity contribution is -0.117. The van der Waals surface area contributed by atoms with E-state index in [1.807, 2.05) is 54.6 Å². The second-order valence-electron chi connectivity index (χ2n) is 4.77. The zero-order chi connectivity index (χ0) is 13.9. The standard InChI is InChI=1S/C16H15NO3/c18-13-10-16(19)17(11-13)12-5-4-8-15(9-12)20-14-6-2-1-3-7-14/h1-9,13,18H,10-11H2. The number of para-hydroxylation sites is 1. The van der Waals surface area contributed by atoms with Gasteiger partial charge in [-0.25, -0.2) is 0 Å². The zero-order valence-electron chi connectivity index (χ0n) is 10.9. The molecule has 1 N–H and O–H groups in total. The first-order valence-corrected chi connectivity index (χ1v) is 6.54. The molecule has 0 spiro atoms. The third kappa shape index (κ3) is 2.65. The molecular formula is C16H15NO3. The van der Waals surface area contributed by atoms with E-state index < -0.39 is 6.10 Å². The lowest BCUT2D eigenvalue weighted by Crippen LogP contribution is -2.25. The molecule has 1 saturated heterocycles. The molecule has 0 radical (unpaired) electrons. The molecule has 102 valence electrons. The Labute approximate surface area is 117 Å². The van der Waals surface area contributed by atoms with Gasteiger partial charge in [0.1, 0.15) is 11.5 Å². The van der Waals surface area contributed by atoms with Crippen molar-refractivity contribution in [2.45, 2.75) is 12.5 Å². The Morgan fingerprint density at radius 2 is 1.80 bits per heavy atom. The highest BCUT2D eigenvalue weighted by molar-refractivity contribution is 5.96. The van der Waals surface area contributed by atoms with Gasteiger partial charge in [0.15, 0.2) is 0 Å². The molecule has 2 aromatic rings. The van der Waals surface area contributed by atoms with Crippen LogP contribution in [0.1, 0.15) is 6.42 Å². The summed E-state index contributed by atoms with van der Waals surface area (Å²) < 4.78 is 5.74. The van der Waals surface area contributed by atoms with Crippen molar-refractivity contribution in [2.24, 2.45) is 0 Å². The summed E-state index contributed by atoms with van der Waals surface area (Å²) in [5.41, 5.74) is 0.750. The van der Waals surface area contributed by atoms with Crippen LogP contribution in [0.2, 0.25) is 0 Å². The first-order valence-electron chi connectivity index (χ1n) is 6.54. The van der Waals surface area contributed by atoms with E-state index in [2.05, 4.69) is 0 Å². The van der Waals surface area contributed by atoms with Gasteiger partial charge in [-0.1, -0.05) is 24.3 Å². The normalized spacial score (nSPS) is 18.4. The summed E-state index contributed by atoms with van der Waals surface area (Å²) in [6.45, 7) is 0.341. The van der Waals surface area contributed by atoms with Gasteiger partial charge in [0.05, 0.1) is 19.1 Å². The minimum Gasteiger partial charge on any atom is -0.457 e. The molecule has 3 rings (SSSR count). The molecule has 1 amide bonds. The van der Waals surface area contributed by atoms with E-state index in [4.69, 9.17) is 4.74 Å². The summed E-state index contributed by atoms with van der Waals surface area (Å²) in [5.74, 6) is 1.36. The Morgan fingerprint density at radius 1 is 1.05 bits per heavy atom. The van der Waals surface area contributed by atoms with Gasteiger partial charge < -0.3 is 14.7 Å². The highest BCUT2D eigenvalue weighted by Gasteiger charge is 2.29. The largest absolute Gasteiger partial charge is 0.457 e. The number of benzene rings is 2. The number of rotatable bonds is 3. The number of nitrogens with zero attached hydrogens (tertiary/aromatic N) is 1. The molecule has 0 aromatic heterocycles. The molecule has 20 heavy (non-hydrogen) atoms. The Kier molecular flexibility index (Phi) is 3.39. The fraction of sp³-hybridized carbons (Fsp3) is 0.188. The second-order valence-corrected chi connectivity index (χ2v) is 4.77. The van der Waals surface area contributed by atoms with Crippen molar-refractivity contribution < 1.29 is 14.6 Å². The molecule has 1 aliphatic heterocycles. The molecule has 1 aliphatic rings. The SMILES string of the molecule is O=C1CC(O)CN1c1cccc(Oc2ccccc2)c1. The maximum atomic E-state index is 11.8. The van der Waals surface area contributed by atoms with Gasteiger partial charge in [0.25, 0.3) is 0 Å². The Bertz CT molecular complexity index is 612. The Balaban J connectivity index is 1.81. The van der Waals surface area contributed by atoms with Crippen LogP contribution in [-0.2, 0) is 4.79 Å². The molecular weight excluding hydrogens is 254 g/mol. The van der Waals surface area contributed by atoms with Gasteiger partial charge in [-0.3, -0.25) is 4.79 Å². The van der Waals surface area contributed by atoms with Crippen molar-refractivity contribution in [3.8, 4) is 11.5 Å². The van der Waals surface area contributed by atoms with Crippen molar-refractivity contribution in [1.82, 2.24) is 0 Å². The fourth-order valence-corrected chi connectivity index (χ4v) is 2.28. The summed E-state index contributed by atoms with van der Waals surface area (Å²) >= 11 is 0. The van der Waals surface area contributed by atoms with Gasteiger partial charge in [0.2, 0.25) is 5.91 Å². The van der Waals surface area contributed by atoms with E-state index in [-0.39, 0.29) is 12.3 Å². The summed E-state index contributed by atoms with van der Waals surface area (Å²) in [4.78, 5) is 13.4. The van der Waals surface area contributed by atoms with E-state index in [9.17, 15) is 9.90 Å². The van der Waals surface area contributed by atoms with E-state index in [0.29, 0.717) is 12.3 Å². The van der Waals surface area contributed by atoms with Crippen LogP contribution < -0.4 is 9.64 Å². The first kappa shape index (κ1) is 12.7. The van der Waals surface area contributed by atoms with Gasteiger partial charge in [-0.15, -0.1) is 0 Å². The van der Waals surface area contributed by atoms with E-state index in [1.54, 1.807) is 4.90 Å². The number of β-amino-alcohol motifs (C(OH)–C–C–N with tert-alkyl or cyclic N) is 1. The minimum absolute atomic E-state index is 0.0608. The molecule has 4 heteroatoms. The van der Waals surface area contributed by atoms with Crippen molar-refractivity contribution in [3.05, 3.63) is 54.6 Å². The van der Waals surface area contributed by atoms with Gasteiger partial charge in [-0.2, -0.15) is 0 Å². The number of ether oxygens (including phenoxy) is 1. The maximum Gasteiger partial charge on any atom is 0.229 e. The molecule has 1 fully saturated rings. The monoisotopic (exact) mass is 269 g/mol. The summed E-state index contributed by atoms with van der Waals surface area (Å²) in [6.07, 6.45) is -0.398. The van der Waals surface area contributed by atoms with Crippen molar-refractivity contribution in [3.63, 3.8) is 0 Å². The number of aliphatic hydroxyl groups is 1. The molecule has 1 heterocycles. The average Bonchev–Trinajstić information content (AvgIpc) is 2.79. The Hall–Kier alpha value is -2.33. The number of aliphatic hydroxyl groups excluding tert-OH is 1. The molecule has 0 aliphatic carbocycles. The molecule has 2 aromatic carbocycles. The third-order valence-electron chi connectivity index (χ3n) is 3.21. The number of carbonyl (C=O) groups excluding carboxylic acids is 1. The molecule has 1 atom stereocenters. The van der Waals surface area contributed by atoms with Crippen LogP contribution in [0, 0.1) is 0 Å². The molecule has 0 bridgehead atoms. The maximum absolute atomic E-state index is 11.8. The van der Waals surface area contributed by atoms with E-state index >= 15 is 0 Å². The number of hydrogen-bond donors (Lipinski definition) is 1. The van der Waals surface area contributed by atoms with Crippen LogP contribution >= 0.6 is 0 Å². The van der Waals surface area contributed by atoms with Crippen LogP contribution in [0.25, 0.3) is 0 Å². The highest BCUT2D eigenvalue weighted by Crippen LogP contribution is 2.28. The predicted molar refractivity (Wildman–Crippen MR) is 75.9 cm³/mol. The highest BCUT2D eigenvalue weighted by atomic mass is 16.5. The van der Waals surface area contributed by atoms with E-state index in [0.717, 1.165) is 11.4 Å². The molecule has 1 unspecified atom stereocenters.